The van der Waals surface area contributed by atoms with Gasteiger partial charge in [0, 0.05) is 55.3 Å². The Morgan fingerprint density at radius 2 is 1.89 bits per heavy atom. The smallest absolute Gasteiger partial charge is 0.253 e. The van der Waals surface area contributed by atoms with Crippen LogP contribution < -0.4 is 10.1 Å². The molecule has 3 aromatic rings. The molecule has 0 unspecified atom stereocenters. The third-order valence-corrected chi connectivity index (χ3v) is 7.42. The maximum Gasteiger partial charge on any atom is 0.253 e. The first kappa shape index (κ1) is 22.3. The first-order valence-electron chi connectivity index (χ1n) is 12.6. The highest BCUT2D eigenvalue weighted by Gasteiger charge is 2.30. The lowest BCUT2D eigenvalue weighted by Gasteiger charge is -2.40. The topological polar surface area (TPSA) is 95.6 Å². The number of benzene rings is 1. The molecule has 0 spiro atoms. The zero-order valence-electron chi connectivity index (χ0n) is 20.1. The van der Waals surface area contributed by atoms with Gasteiger partial charge in [-0.15, -0.1) is 0 Å². The normalized spacial score (nSPS) is 19.7. The second-order valence-electron chi connectivity index (χ2n) is 9.66. The van der Waals surface area contributed by atoms with Crippen LogP contribution in [0, 0.1) is 0 Å². The molecular formula is C26H32N6O3. The van der Waals surface area contributed by atoms with E-state index in [-0.39, 0.29) is 5.91 Å². The molecule has 4 heterocycles. The predicted molar refractivity (Wildman–Crippen MR) is 133 cm³/mol. The quantitative estimate of drug-likeness (QED) is 0.562. The number of piperidine rings is 1. The van der Waals surface area contributed by atoms with Crippen molar-refractivity contribution < 1.29 is 14.3 Å². The van der Waals surface area contributed by atoms with E-state index in [1.54, 1.807) is 7.11 Å². The molecule has 1 aliphatic carbocycles. The summed E-state index contributed by atoms with van der Waals surface area (Å²) in [7, 11) is 1.62. The summed E-state index contributed by atoms with van der Waals surface area (Å²) in [5, 5.41) is 4.39. The van der Waals surface area contributed by atoms with Crippen LogP contribution in [0.25, 0.3) is 11.0 Å². The second-order valence-corrected chi connectivity index (χ2v) is 9.66. The molecule has 6 rings (SSSR count). The molecule has 1 amide bonds. The number of H-pyrrole nitrogens is 1. The summed E-state index contributed by atoms with van der Waals surface area (Å²) in [5.41, 5.74) is 3.29. The third-order valence-electron chi connectivity index (χ3n) is 7.42. The van der Waals surface area contributed by atoms with E-state index in [2.05, 4.69) is 20.2 Å². The Hall–Kier alpha value is -3.17. The number of likely N-dealkylation sites (tertiary alicyclic amines) is 1. The van der Waals surface area contributed by atoms with Gasteiger partial charge in [-0.3, -0.25) is 9.69 Å². The molecule has 2 N–H and O–H groups in total. The fraction of sp³-hybridized carbons (Fsp3) is 0.500. The number of rotatable bonds is 6. The molecule has 35 heavy (non-hydrogen) atoms. The van der Waals surface area contributed by atoms with E-state index < -0.39 is 0 Å². The van der Waals surface area contributed by atoms with Crippen LogP contribution in [0.1, 0.15) is 47.7 Å². The fourth-order valence-corrected chi connectivity index (χ4v) is 5.30. The number of aromatic nitrogens is 3. The van der Waals surface area contributed by atoms with Gasteiger partial charge in [0.1, 0.15) is 11.4 Å². The number of anilines is 2. The van der Waals surface area contributed by atoms with Crippen molar-refractivity contribution in [2.24, 2.45) is 0 Å². The zero-order valence-corrected chi connectivity index (χ0v) is 20.1. The van der Waals surface area contributed by atoms with E-state index in [9.17, 15) is 4.79 Å². The molecular weight excluding hydrogens is 444 g/mol. The van der Waals surface area contributed by atoms with E-state index in [1.165, 1.54) is 12.8 Å². The molecule has 9 heteroatoms. The molecule has 0 bridgehead atoms. The lowest BCUT2D eigenvalue weighted by Crippen LogP contribution is -2.50. The Balaban J connectivity index is 1.15. The molecule has 2 saturated heterocycles. The molecule has 3 aliphatic rings. The molecule has 9 nitrogen and oxygen atoms in total. The number of carbonyl (C=O) groups excluding carboxylic acids is 1. The molecule has 2 aliphatic heterocycles. The molecule has 2 aromatic heterocycles. The highest BCUT2D eigenvalue weighted by Crippen LogP contribution is 2.42. The van der Waals surface area contributed by atoms with Gasteiger partial charge in [0.25, 0.3) is 5.91 Å². The summed E-state index contributed by atoms with van der Waals surface area (Å²) in [5.74, 6) is 1.69. The molecule has 0 atom stereocenters. The minimum atomic E-state index is 0.0513. The van der Waals surface area contributed by atoms with Crippen molar-refractivity contribution in [1.82, 2.24) is 24.8 Å². The number of fused-ring (bicyclic) bond motifs is 1. The van der Waals surface area contributed by atoms with Crippen LogP contribution in [0.5, 0.6) is 5.75 Å². The first-order valence-corrected chi connectivity index (χ1v) is 12.6. The largest absolute Gasteiger partial charge is 0.495 e. The van der Waals surface area contributed by atoms with Gasteiger partial charge in [-0.05, 0) is 49.9 Å². The van der Waals surface area contributed by atoms with Gasteiger partial charge in [-0.1, -0.05) is 0 Å². The number of ether oxygens (including phenoxy) is 2. The van der Waals surface area contributed by atoms with Crippen LogP contribution in [-0.2, 0) is 4.74 Å². The Kier molecular flexibility index (Phi) is 6.03. The van der Waals surface area contributed by atoms with E-state index in [1.807, 2.05) is 35.4 Å². The number of hydrogen-bond acceptors (Lipinski definition) is 7. The van der Waals surface area contributed by atoms with Crippen LogP contribution in [0.2, 0.25) is 0 Å². The third kappa shape index (κ3) is 4.58. The Morgan fingerprint density at radius 3 is 2.63 bits per heavy atom. The predicted octanol–water partition coefficient (Wildman–Crippen LogP) is 3.52. The van der Waals surface area contributed by atoms with Crippen molar-refractivity contribution in [3.8, 4) is 5.75 Å². The van der Waals surface area contributed by atoms with Crippen LogP contribution in [0.15, 0.2) is 30.5 Å². The number of hydrogen-bond donors (Lipinski definition) is 2. The molecule has 184 valence electrons. The van der Waals surface area contributed by atoms with Gasteiger partial charge in [-0.25, -0.2) is 4.98 Å². The number of nitrogens with one attached hydrogen (secondary N) is 2. The number of amides is 1. The summed E-state index contributed by atoms with van der Waals surface area (Å²) in [4.78, 5) is 30.4. The Labute approximate surface area is 204 Å². The van der Waals surface area contributed by atoms with E-state index >= 15 is 0 Å². The summed E-state index contributed by atoms with van der Waals surface area (Å²) >= 11 is 0. The van der Waals surface area contributed by atoms with Gasteiger partial charge < -0.3 is 24.7 Å². The van der Waals surface area contributed by atoms with E-state index in [0.717, 1.165) is 74.6 Å². The van der Waals surface area contributed by atoms with Crippen molar-refractivity contribution in [3.63, 3.8) is 0 Å². The monoisotopic (exact) mass is 476 g/mol. The molecule has 1 saturated carbocycles. The van der Waals surface area contributed by atoms with Gasteiger partial charge >= 0.3 is 0 Å². The van der Waals surface area contributed by atoms with Crippen molar-refractivity contribution >= 4 is 28.6 Å². The van der Waals surface area contributed by atoms with Crippen LogP contribution >= 0.6 is 0 Å². The Bertz CT molecular complexity index is 1210. The minimum absolute atomic E-state index is 0.0513. The van der Waals surface area contributed by atoms with Crippen LogP contribution in [0.4, 0.5) is 11.6 Å². The summed E-state index contributed by atoms with van der Waals surface area (Å²) < 4.78 is 11.1. The molecule has 1 aromatic carbocycles. The SMILES string of the molecule is COc1cc(C(=O)N2CCC(N3CCOCC3)CC2)ccc1Nc1nc(C2CC2)c2cc[nH]c2n1. The van der Waals surface area contributed by atoms with Crippen LogP contribution in [0.3, 0.4) is 0 Å². The van der Waals surface area contributed by atoms with Gasteiger partial charge in [0.2, 0.25) is 5.95 Å². The highest BCUT2D eigenvalue weighted by molar-refractivity contribution is 5.95. The maximum absolute atomic E-state index is 13.3. The van der Waals surface area contributed by atoms with Crippen LogP contribution in [-0.4, -0.2) is 83.2 Å². The van der Waals surface area contributed by atoms with Crippen molar-refractivity contribution in [1.29, 1.82) is 0 Å². The number of morpholine rings is 1. The van der Waals surface area contributed by atoms with Crippen molar-refractivity contribution in [2.75, 3.05) is 51.8 Å². The fourth-order valence-electron chi connectivity index (χ4n) is 5.30. The van der Waals surface area contributed by atoms with Crippen molar-refractivity contribution in [2.45, 2.75) is 37.6 Å². The lowest BCUT2D eigenvalue weighted by atomic mass is 10.0. The summed E-state index contributed by atoms with van der Waals surface area (Å²) in [6.07, 6.45) is 6.25. The first-order chi connectivity index (χ1) is 17.2. The number of nitrogens with zero attached hydrogens (tertiary/aromatic N) is 4. The highest BCUT2D eigenvalue weighted by atomic mass is 16.5. The average molecular weight is 477 g/mol. The number of aromatic amines is 1. The zero-order chi connectivity index (χ0) is 23.8. The number of methoxy groups -OCH3 is 1. The summed E-state index contributed by atoms with van der Waals surface area (Å²) in [6, 6.07) is 8.13. The Morgan fingerprint density at radius 1 is 1.09 bits per heavy atom. The average Bonchev–Trinajstić information content (AvgIpc) is 3.65. The van der Waals surface area contributed by atoms with E-state index in [4.69, 9.17) is 14.5 Å². The second kappa shape index (κ2) is 9.47. The number of carbonyl (C=O) groups is 1. The minimum Gasteiger partial charge on any atom is -0.495 e. The van der Waals surface area contributed by atoms with Gasteiger partial charge in [-0.2, -0.15) is 4.98 Å². The molecule has 3 fully saturated rings. The summed E-state index contributed by atoms with van der Waals surface area (Å²) in [6.45, 7) is 5.16. The standard InChI is InChI=1S/C26H32N6O3/c1-34-22-16-18(25(33)32-10-7-19(8-11-32)31-12-14-35-15-13-31)4-5-21(22)28-26-29-23(17-2-3-17)20-6-9-27-24(20)30-26/h4-6,9,16-17,19H,2-3,7-8,10-15H2,1H3,(H2,27,28,29,30). The molecule has 0 radical (unpaired) electrons. The van der Waals surface area contributed by atoms with Gasteiger partial charge in [0.05, 0.1) is 31.7 Å². The van der Waals surface area contributed by atoms with E-state index in [0.29, 0.717) is 29.2 Å². The lowest BCUT2D eigenvalue weighted by molar-refractivity contribution is 0.00159. The van der Waals surface area contributed by atoms with Gasteiger partial charge in [0.15, 0.2) is 0 Å². The van der Waals surface area contributed by atoms with Crippen molar-refractivity contribution in [3.05, 3.63) is 41.7 Å². The maximum atomic E-state index is 13.3.